The van der Waals surface area contributed by atoms with Crippen LogP contribution < -0.4 is 4.74 Å². The first-order valence-corrected chi connectivity index (χ1v) is 5.23. The summed E-state index contributed by atoms with van der Waals surface area (Å²) in [7, 11) is 0. The predicted molar refractivity (Wildman–Crippen MR) is 52.7 cm³/mol. The molecule has 76 valence electrons. The molecule has 2 rings (SSSR count). The second-order valence-corrected chi connectivity index (χ2v) is 3.90. The van der Waals surface area contributed by atoms with E-state index >= 15 is 0 Å². The summed E-state index contributed by atoms with van der Waals surface area (Å²) in [6.45, 7) is 0. The van der Waals surface area contributed by atoms with Crippen LogP contribution in [-0.2, 0) is 0 Å². The van der Waals surface area contributed by atoms with Crippen molar-refractivity contribution in [2.45, 2.75) is 31.8 Å². The van der Waals surface area contributed by atoms with Crippen LogP contribution in [0, 0.1) is 0 Å². The van der Waals surface area contributed by atoms with E-state index in [1.165, 1.54) is 12.8 Å². The lowest BCUT2D eigenvalue weighted by atomic mass is 10.3. The van der Waals surface area contributed by atoms with Crippen molar-refractivity contribution in [3.8, 4) is 5.88 Å². The van der Waals surface area contributed by atoms with Crippen LogP contribution in [0.1, 0.15) is 25.7 Å². The molecule has 0 aliphatic heterocycles. The van der Waals surface area contributed by atoms with E-state index in [0.29, 0.717) is 5.88 Å². The van der Waals surface area contributed by atoms with Crippen LogP contribution in [0.15, 0.2) is 0 Å². The Hall–Kier alpha value is -0.610. The first kappa shape index (κ1) is 9.93. The van der Waals surface area contributed by atoms with Gasteiger partial charge in [-0.15, -0.1) is 10.2 Å². The third-order valence-electron chi connectivity index (χ3n) is 2.17. The van der Waals surface area contributed by atoms with Gasteiger partial charge in [-0.1, -0.05) is 11.6 Å². The highest BCUT2D eigenvalue weighted by Gasteiger charge is 2.19. The van der Waals surface area contributed by atoms with Gasteiger partial charge < -0.3 is 4.74 Å². The van der Waals surface area contributed by atoms with Gasteiger partial charge in [-0.2, -0.15) is 4.98 Å². The van der Waals surface area contributed by atoms with Gasteiger partial charge in [-0.3, -0.25) is 0 Å². The average Bonchev–Trinajstić information content (AvgIpc) is 2.64. The molecule has 1 aliphatic rings. The fraction of sp³-hybridized carbons (Fsp3) is 0.625. The molecule has 14 heavy (non-hydrogen) atoms. The number of halogens is 2. The molecule has 0 N–H and O–H groups in total. The van der Waals surface area contributed by atoms with E-state index < -0.39 is 0 Å². The van der Waals surface area contributed by atoms with Crippen molar-refractivity contribution in [1.29, 1.82) is 0 Å². The van der Waals surface area contributed by atoms with E-state index in [0.717, 1.165) is 12.8 Å². The van der Waals surface area contributed by atoms with E-state index in [9.17, 15) is 0 Å². The van der Waals surface area contributed by atoms with Crippen molar-refractivity contribution >= 4 is 23.2 Å². The smallest absolute Gasteiger partial charge is 0.257 e. The number of nitrogens with zero attached hydrogens (tertiary/aromatic N) is 3. The van der Waals surface area contributed by atoms with Crippen LogP contribution in [-0.4, -0.2) is 21.3 Å². The topological polar surface area (TPSA) is 47.9 Å². The van der Waals surface area contributed by atoms with E-state index in [1.54, 1.807) is 0 Å². The van der Waals surface area contributed by atoms with Gasteiger partial charge >= 0.3 is 0 Å². The fourth-order valence-electron chi connectivity index (χ4n) is 1.52. The molecule has 4 nitrogen and oxygen atoms in total. The molecular formula is C8H9Cl2N3O. The molecule has 0 aromatic carbocycles. The van der Waals surface area contributed by atoms with Crippen molar-refractivity contribution in [2.24, 2.45) is 0 Å². The molecule has 1 saturated carbocycles. The second kappa shape index (κ2) is 4.28. The lowest BCUT2D eigenvalue weighted by Crippen LogP contribution is -2.12. The Kier molecular flexibility index (Phi) is 3.03. The summed E-state index contributed by atoms with van der Waals surface area (Å²) in [4.78, 5) is 3.87. The zero-order chi connectivity index (χ0) is 9.97. The highest BCUT2D eigenvalue weighted by molar-refractivity contribution is 6.31. The fourth-order valence-corrected chi connectivity index (χ4v) is 1.76. The zero-order valence-electron chi connectivity index (χ0n) is 7.41. The third-order valence-corrected chi connectivity index (χ3v) is 2.57. The number of hydrogen-bond donors (Lipinski definition) is 0. The van der Waals surface area contributed by atoms with E-state index in [2.05, 4.69) is 15.2 Å². The maximum atomic E-state index is 5.75. The van der Waals surface area contributed by atoms with Gasteiger partial charge in [0.1, 0.15) is 6.10 Å². The molecule has 0 unspecified atom stereocenters. The minimum absolute atomic E-state index is 0.0578. The van der Waals surface area contributed by atoms with Crippen molar-refractivity contribution in [1.82, 2.24) is 15.2 Å². The van der Waals surface area contributed by atoms with Gasteiger partial charge in [0.2, 0.25) is 10.4 Å². The maximum absolute atomic E-state index is 5.75. The van der Waals surface area contributed by atoms with Crippen molar-refractivity contribution in [2.75, 3.05) is 0 Å². The predicted octanol–water partition coefficient (Wildman–Crippen LogP) is 2.50. The Morgan fingerprint density at radius 1 is 1.14 bits per heavy atom. The van der Waals surface area contributed by atoms with Crippen LogP contribution >= 0.6 is 23.2 Å². The Labute approximate surface area is 91.6 Å². The Morgan fingerprint density at radius 2 is 1.86 bits per heavy atom. The largest absolute Gasteiger partial charge is 0.472 e. The van der Waals surface area contributed by atoms with Gasteiger partial charge in [-0.05, 0) is 37.3 Å². The Balaban J connectivity index is 2.10. The molecular weight excluding hydrogens is 225 g/mol. The van der Waals surface area contributed by atoms with Gasteiger partial charge in [0.25, 0.3) is 5.88 Å². The minimum atomic E-state index is 0.0578. The summed E-state index contributed by atoms with van der Waals surface area (Å²) >= 11 is 11.3. The third kappa shape index (κ3) is 2.25. The minimum Gasteiger partial charge on any atom is -0.472 e. The van der Waals surface area contributed by atoms with Crippen molar-refractivity contribution < 1.29 is 4.74 Å². The number of aromatic nitrogens is 3. The lowest BCUT2D eigenvalue weighted by Gasteiger charge is -2.11. The van der Waals surface area contributed by atoms with Crippen LogP contribution in [0.2, 0.25) is 10.4 Å². The van der Waals surface area contributed by atoms with Gasteiger partial charge in [0.15, 0.2) is 0 Å². The monoisotopic (exact) mass is 233 g/mol. The highest BCUT2D eigenvalue weighted by Crippen LogP contribution is 2.26. The number of rotatable bonds is 2. The van der Waals surface area contributed by atoms with Crippen molar-refractivity contribution in [3.63, 3.8) is 0 Å². The zero-order valence-corrected chi connectivity index (χ0v) is 8.92. The van der Waals surface area contributed by atoms with Crippen LogP contribution in [0.3, 0.4) is 0 Å². The van der Waals surface area contributed by atoms with E-state index in [4.69, 9.17) is 27.9 Å². The molecule has 1 aromatic heterocycles. The summed E-state index contributed by atoms with van der Waals surface area (Å²) in [5, 5.41) is 7.35. The summed E-state index contributed by atoms with van der Waals surface area (Å²) in [5.74, 6) is 0.290. The molecule has 1 aromatic rings. The van der Waals surface area contributed by atoms with Gasteiger partial charge in [0.05, 0.1) is 0 Å². The summed E-state index contributed by atoms with van der Waals surface area (Å²) in [6, 6.07) is 0. The first-order valence-electron chi connectivity index (χ1n) is 4.48. The standard InChI is InChI=1S/C8H9Cl2N3O/c9-6-7(11-8(10)13-12-6)14-5-3-1-2-4-5/h5H,1-4H2. The summed E-state index contributed by atoms with van der Waals surface area (Å²) < 4.78 is 5.56. The summed E-state index contributed by atoms with van der Waals surface area (Å²) in [5.41, 5.74) is 0. The normalized spacial score (nSPS) is 17.3. The Morgan fingerprint density at radius 3 is 2.57 bits per heavy atom. The van der Waals surface area contributed by atoms with Crippen LogP contribution in [0.25, 0.3) is 0 Å². The van der Waals surface area contributed by atoms with Gasteiger partial charge in [-0.25, -0.2) is 0 Å². The van der Waals surface area contributed by atoms with E-state index in [-0.39, 0.29) is 16.5 Å². The SMILES string of the molecule is Clc1nnc(Cl)c(OC2CCCC2)n1. The highest BCUT2D eigenvalue weighted by atomic mass is 35.5. The average molecular weight is 234 g/mol. The van der Waals surface area contributed by atoms with Crippen molar-refractivity contribution in [3.05, 3.63) is 10.4 Å². The summed E-state index contributed by atoms with van der Waals surface area (Å²) in [6.07, 6.45) is 4.65. The molecule has 1 fully saturated rings. The lowest BCUT2D eigenvalue weighted by molar-refractivity contribution is 0.200. The van der Waals surface area contributed by atoms with Crippen LogP contribution in [0.4, 0.5) is 0 Å². The van der Waals surface area contributed by atoms with Crippen LogP contribution in [0.5, 0.6) is 5.88 Å². The first-order chi connectivity index (χ1) is 6.75. The Bertz CT molecular complexity index is 328. The second-order valence-electron chi connectivity index (χ2n) is 3.20. The number of ether oxygens (including phenoxy) is 1. The molecule has 0 bridgehead atoms. The molecule has 0 amide bonds. The maximum Gasteiger partial charge on any atom is 0.257 e. The number of hydrogen-bond acceptors (Lipinski definition) is 4. The molecule has 6 heteroatoms. The quantitative estimate of drug-likeness (QED) is 0.788. The molecule has 0 saturated heterocycles. The molecule has 0 atom stereocenters. The van der Waals surface area contributed by atoms with Gasteiger partial charge in [0, 0.05) is 0 Å². The molecule has 0 spiro atoms. The molecule has 1 heterocycles. The molecule has 0 radical (unpaired) electrons. The molecule has 1 aliphatic carbocycles. The van der Waals surface area contributed by atoms with E-state index in [1.807, 2.05) is 0 Å².